The van der Waals surface area contributed by atoms with Gasteiger partial charge < -0.3 is 5.32 Å². The molecular weight excluding hydrogens is 354 g/mol. The molecule has 1 atom stereocenters. The molecule has 6 heteroatoms. The first kappa shape index (κ1) is 17.7. The van der Waals surface area contributed by atoms with E-state index in [1.807, 2.05) is 50.2 Å². The van der Waals surface area contributed by atoms with Crippen molar-refractivity contribution in [2.45, 2.75) is 24.1 Å². The van der Waals surface area contributed by atoms with Crippen LogP contribution in [0.25, 0.3) is 10.9 Å². The van der Waals surface area contributed by atoms with Crippen LogP contribution in [0.4, 0.5) is 5.69 Å². The second kappa shape index (κ2) is 7.85. The highest BCUT2D eigenvalue weighted by molar-refractivity contribution is 8.00. The number of hydrogen-bond donors (Lipinski definition) is 1. The van der Waals surface area contributed by atoms with Crippen LogP contribution in [0.1, 0.15) is 13.8 Å². The molecule has 2 heterocycles. The van der Waals surface area contributed by atoms with Crippen molar-refractivity contribution in [1.29, 1.82) is 0 Å². The molecular formula is C19H18ClN3OS. The lowest BCUT2D eigenvalue weighted by atomic mass is 10.1. The van der Waals surface area contributed by atoms with Crippen LogP contribution in [0.3, 0.4) is 0 Å². The van der Waals surface area contributed by atoms with E-state index < -0.39 is 0 Å². The fraction of sp³-hybridized carbons (Fsp3) is 0.211. The number of carbonyl (C=O) groups excluding carboxylic acids is 1. The van der Waals surface area contributed by atoms with Gasteiger partial charge in [0.2, 0.25) is 5.91 Å². The number of aromatic nitrogens is 2. The van der Waals surface area contributed by atoms with E-state index in [2.05, 4.69) is 15.3 Å². The minimum Gasteiger partial charge on any atom is -0.324 e. The van der Waals surface area contributed by atoms with Gasteiger partial charge in [-0.3, -0.25) is 9.78 Å². The topological polar surface area (TPSA) is 54.9 Å². The zero-order chi connectivity index (χ0) is 17.8. The Hall–Kier alpha value is -2.11. The molecule has 0 bridgehead atoms. The predicted molar refractivity (Wildman–Crippen MR) is 104 cm³/mol. The molecule has 0 saturated carbocycles. The van der Waals surface area contributed by atoms with Crippen molar-refractivity contribution in [3.63, 3.8) is 0 Å². The van der Waals surface area contributed by atoms with Crippen molar-refractivity contribution in [2.24, 2.45) is 5.92 Å². The summed E-state index contributed by atoms with van der Waals surface area (Å²) in [7, 11) is 0. The fourth-order valence-electron chi connectivity index (χ4n) is 2.47. The van der Waals surface area contributed by atoms with Crippen LogP contribution in [0.2, 0.25) is 5.02 Å². The molecule has 3 aromatic rings. The smallest absolute Gasteiger partial charge is 0.238 e. The fourth-order valence-corrected chi connectivity index (χ4v) is 3.54. The monoisotopic (exact) mass is 371 g/mol. The lowest BCUT2D eigenvalue weighted by molar-refractivity contribution is -0.116. The van der Waals surface area contributed by atoms with Gasteiger partial charge in [0.25, 0.3) is 0 Å². The largest absolute Gasteiger partial charge is 0.324 e. The molecule has 25 heavy (non-hydrogen) atoms. The maximum Gasteiger partial charge on any atom is 0.238 e. The Morgan fingerprint density at radius 1 is 1.12 bits per heavy atom. The Kier molecular flexibility index (Phi) is 5.56. The van der Waals surface area contributed by atoms with Gasteiger partial charge >= 0.3 is 0 Å². The summed E-state index contributed by atoms with van der Waals surface area (Å²) in [6.45, 7) is 4.05. The van der Waals surface area contributed by atoms with Crippen LogP contribution < -0.4 is 5.32 Å². The van der Waals surface area contributed by atoms with Crippen molar-refractivity contribution in [2.75, 3.05) is 5.32 Å². The van der Waals surface area contributed by atoms with Crippen LogP contribution in [-0.2, 0) is 4.79 Å². The highest BCUT2D eigenvalue weighted by Gasteiger charge is 2.24. The number of fused-ring (bicyclic) bond motifs is 1. The second-order valence-corrected chi connectivity index (χ2v) is 7.56. The number of nitrogens with zero attached hydrogens (tertiary/aromatic N) is 2. The summed E-state index contributed by atoms with van der Waals surface area (Å²) in [6.07, 6.45) is 3.34. The SMILES string of the molecule is CC(C)C(Sc1ccc(Cl)cn1)C(=O)Nc1cccc2ncccc12. The number of hydrogen-bond acceptors (Lipinski definition) is 4. The van der Waals surface area contributed by atoms with E-state index in [0.29, 0.717) is 5.02 Å². The van der Waals surface area contributed by atoms with Gasteiger partial charge in [-0.05, 0) is 42.3 Å². The Bertz CT molecular complexity index is 878. The molecule has 1 N–H and O–H groups in total. The summed E-state index contributed by atoms with van der Waals surface area (Å²) in [4.78, 5) is 21.5. The van der Waals surface area contributed by atoms with Crippen LogP contribution in [0.15, 0.2) is 59.9 Å². The van der Waals surface area contributed by atoms with Gasteiger partial charge in [0.15, 0.2) is 0 Å². The van der Waals surface area contributed by atoms with Crippen molar-refractivity contribution in [3.8, 4) is 0 Å². The maximum absolute atomic E-state index is 12.9. The molecule has 0 aliphatic carbocycles. The summed E-state index contributed by atoms with van der Waals surface area (Å²) in [5, 5.41) is 5.06. The maximum atomic E-state index is 12.9. The minimum absolute atomic E-state index is 0.0481. The molecule has 0 aliphatic heterocycles. The summed E-state index contributed by atoms with van der Waals surface area (Å²) < 4.78 is 0. The van der Waals surface area contributed by atoms with Gasteiger partial charge in [-0.15, -0.1) is 0 Å². The van der Waals surface area contributed by atoms with Crippen molar-refractivity contribution < 1.29 is 4.79 Å². The summed E-state index contributed by atoms with van der Waals surface area (Å²) >= 11 is 7.32. The van der Waals surface area contributed by atoms with E-state index in [9.17, 15) is 4.79 Å². The Balaban J connectivity index is 1.82. The number of pyridine rings is 2. The Morgan fingerprint density at radius 2 is 1.96 bits per heavy atom. The summed E-state index contributed by atoms with van der Waals surface area (Å²) in [5.74, 6) is 0.101. The number of halogens is 1. The van der Waals surface area contributed by atoms with E-state index in [-0.39, 0.29) is 17.1 Å². The van der Waals surface area contributed by atoms with E-state index in [1.54, 1.807) is 18.5 Å². The number of amides is 1. The lowest BCUT2D eigenvalue weighted by Crippen LogP contribution is -2.29. The van der Waals surface area contributed by atoms with E-state index in [1.165, 1.54) is 11.8 Å². The zero-order valence-electron chi connectivity index (χ0n) is 13.9. The van der Waals surface area contributed by atoms with Crippen LogP contribution >= 0.6 is 23.4 Å². The van der Waals surface area contributed by atoms with Crippen LogP contribution in [0, 0.1) is 5.92 Å². The predicted octanol–water partition coefficient (Wildman–Crippen LogP) is 5.04. The third-order valence-electron chi connectivity index (χ3n) is 3.72. The molecule has 1 aromatic carbocycles. The lowest BCUT2D eigenvalue weighted by Gasteiger charge is -2.20. The Morgan fingerprint density at radius 3 is 2.68 bits per heavy atom. The second-order valence-electron chi connectivity index (χ2n) is 5.96. The van der Waals surface area contributed by atoms with Gasteiger partial charge in [0.1, 0.15) is 0 Å². The molecule has 2 aromatic heterocycles. The van der Waals surface area contributed by atoms with Crippen molar-refractivity contribution in [3.05, 3.63) is 59.9 Å². The number of thioether (sulfide) groups is 1. The molecule has 0 radical (unpaired) electrons. The third kappa shape index (κ3) is 4.30. The molecule has 3 rings (SSSR count). The number of anilines is 1. The quantitative estimate of drug-likeness (QED) is 0.638. The van der Waals surface area contributed by atoms with E-state index >= 15 is 0 Å². The van der Waals surface area contributed by atoms with Gasteiger partial charge in [0.05, 0.1) is 26.5 Å². The number of rotatable bonds is 5. The third-order valence-corrected chi connectivity index (χ3v) is 5.43. The van der Waals surface area contributed by atoms with Gasteiger partial charge in [-0.1, -0.05) is 43.3 Å². The number of carbonyl (C=O) groups is 1. The molecule has 0 fully saturated rings. The van der Waals surface area contributed by atoms with Crippen molar-refractivity contribution in [1.82, 2.24) is 9.97 Å². The molecule has 0 aliphatic rings. The van der Waals surface area contributed by atoms with Crippen LogP contribution in [-0.4, -0.2) is 21.1 Å². The zero-order valence-corrected chi connectivity index (χ0v) is 15.5. The first-order chi connectivity index (χ1) is 12.0. The Labute approximate surface area is 156 Å². The average Bonchev–Trinajstić information content (AvgIpc) is 2.61. The first-order valence-electron chi connectivity index (χ1n) is 7.97. The molecule has 0 saturated heterocycles. The molecule has 1 amide bonds. The summed E-state index contributed by atoms with van der Waals surface area (Å²) in [5.41, 5.74) is 1.62. The number of benzene rings is 1. The highest BCUT2D eigenvalue weighted by atomic mass is 35.5. The standard InChI is InChI=1S/C19H18ClN3OS/c1-12(2)18(25-17-9-8-13(20)11-22-17)19(24)23-16-7-3-6-15-14(16)5-4-10-21-15/h3-12,18H,1-2H3,(H,23,24). The van der Waals surface area contributed by atoms with Gasteiger partial charge in [-0.25, -0.2) is 4.98 Å². The molecule has 0 spiro atoms. The number of nitrogens with one attached hydrogen (secondary N) is 1. The highest BCUT2D eigenvalue weighted by Crippen LogP contribution is 2.29. The molecule has 4 nitrogen and oxygen atoms in total. The van der Waals surface area contributed by atoms with Gasteiger partial charge in [-0.2, -0.15) is 0 Å². The van der Waals surface area contributed by atoms with Gasteiger partial charge in [0, 0.05) is 17.8 Å². The average molecular weight is 372 g/mol. The minimum atomic E-state index is -0.263. The van der Waals surface area contributed by atoms with Crippen molar-refractivity contribution >= 4 is 45.9 Å². The first-order valence-corrected chi connectivity index (χ1v) is 9.23. The molecule has 1 unspecified atom stereocenters. The summed E-state index contributed by atoms with van der Waals surface area (Å²) in [6, 6.07) is 13.1. The van der Waals surface area contributed by atoms with E-state index in [4.69, 9.17) is 11.6 Å². The molecule has 128 valence electrons. The van der Waals surface area contributed by atoms with Crippen LogP contribution in [0.5, 0.6) is 0 Å². The van der Waals surface area contributed by atoms with E-state index in [0.717, 1.165) is 21.6 Å². The normalized spacial score (nSPS) is 12.3.